The van der Waals surface area contributed by atoms with Crippen LogP contribution in [0.5, 0.6) is 11.5 Å². The number of amides is 1. The van der Waals surface area contributed by atoms with Gasteiger partial charge in [0, 0.05) is 16.1 Å². The average molecular weight is 492 g/mol. The number of halogens is 3. The smallest absolute Gasteiger partial charge is 0.271 e. The molecule has 32 heavy (non-hydrogen) atoms. The van der Waals surface area contributed by atoms with Gasteiger partial charge < -0.3 is 9.47 Å². The summed E-state index contributed by atoms with van der Waals surface area (Å²) in [7, 11) is 0. The molecule has 0 saturated carbocycles. The van der Waals surface area contributed by atoms with Crippen LogP contribution in [0.15, 0.2) is 65.8 Å². The van der Waals surface area contributed by atoms with E-state index in [2.05, 4.69) is 10.5 Å². The number of benzene rings is 3. The van der Waals surface area contributed by atoms with Crippen molar-refractivity contribution in [1.29, 1.82) is 0 Å². The Kier molecular flexibility index (Phi) is 8.80. The minimum atomic E-state index is -0.344. The quantitative estimate of drug-likeness (QED) is 0.265. The van der Waals surface area contributed by atoms with Crippen molar-refractivity contribution >= 4 is 46.9 Å². The standard InChI is InChI=1S/C24H21Cl3N2O3/c1-2-11-31-20-7-4-17(5-8-20)24(30)29-28-14-18-13-19(25)6-10-23(18)32-15-16-3-9-21(26)22(27)12-16/h3-10,12-14H,2,11,15H2,1H3,(H,29,30)/b28-14-. The minimum Gasteiger partial charge on any atom is -0.494 e. The van der Waals surface area contributed by atoms with Gasteiger partial charge in [0.15, 0.2) is 0 Å². The normalized spacial score (nSPS) is 10.9. The Morgan fingerprint density at radius 2 is 1.75 bits per heavy atom. The van der Waals surface area contributed by atoms with E-state index in [1.807, 2.05) is 13.0 Å². The number of nitrogens with one attached hydrogen (secondary N) is 1. The SMILES string of the molecule is CCCOc1ccc(C(=O)N/N=C\c2cc(Cl)ccc2OCc2ccc(Cl)c(Cl)c2)cc1. The fourth-order valence-electron chi connectivity index (χ4n) is 2.69. The molecule has 166 valence electrons. The first-order chi connectivity index (χ1) is 15.5. The Labute approximate surface area is 201 Å². The van der Waals surface area contributed by atoms with Crippen LogP contribution in [0.1, 0.15) is 34.8 Å². The molecule has 3 aromatic rings. The molecule has 1 amide bonds. The van der Waals surface area contributed by atoms with E-state index in [0.717, 1.165) is 17.7 Å². The number of carbonyl (C=O) groups is 1. The molecule has 0 unspecified atom stereocenters. The van der Waals surface area contributed by atoms with Gasteiger partial charge in [-0.3, -0.25) is 4.79 Å². The molecule has 0 saturated heterocycles. The van der Waals surface area contributed by atoms with E-state index in [4.69, 9.17) is 44.3 Å². The van der Waals surface area contributed by atoms with Crippen LogP contribution in [-0.4, -0.2) is 18.7 Å². The molecule has 0 bridgehead atoms. The van der Waals surface area contributed by atoms with Gasteiger partial charge in [-0.2, -0.15) is 5.10 Å². The van der Waals surface area contributed by atoms with Crippen LogP contribution in [0.25, 0.3) is 0 Å². The third-order valence-corrected chi connectivity index (χ3v) is 5.28. The third kappa shape index (κ3) is 6.89. The maximum Gasteiger partial charge on any atom is 0.271 e. The van der Waals surface area contributed by atoms with Crippen LogP contribution in [0.2, 0.25) is 15.1 Å². The van der Waals surface area contributed by atoms with Gasteiger partial charge in [-0.1, -0.05) is 47.8 Å². The second-order valence-electron chi connectivity index (χ2n) is 6.79. The van der Waals surface area contributed by atoms with E-state index in [1.54, 1.807) is 54.6 Å². The summed E-state index contributed by atoms with van der Waals surface area (Å²) < 4.78 is 11.4. The van der Waals surface area contributed by atoms with E-state index in [0.29, 0.717) is 38.6 Å². The lowest BCUT2D eigenvalue weighted by Gasteiger charge is -2.10. The van der Waals surface area contributed by atoms with Crippen molar-refractivity contribution in [3.05, 3.63) is 92.4 Å². The molecule has 3 aromatic carbocycles. The Hall–Kier alpha value is -2.73. The molecule has 0 radical (unpaired) electrons. The highest BCUT2D eigenvalue weighted by Gasteiger charge is 2.07. The van der Waals surface area contributed by atoms with Gasteiger partial charge in [0.05, 0.1) is 22.9 Å². The highest BCUT2D eigenvalue weighted by atomic mass is 35.5. The number of ether oxygens (including phenoxy) is 2. The summed E-state index contributed by atoms with van der Waals surface area (Å²) in [6.07, 6.45) is 2.40. The summed E-state index contributed by atoms with van der Waals surface area (Å²) in [5, 5.41) is 5.49. The van der Waals surface area contributed by atoms with Crippen LogP contribution in [0, 0.1) is 0 Å². The first kappa shape index (κ1) is 23.9. The maximum absolute atomic E-state index is 12.3. The fraction of sp³-hybridized carbons (Fsp3) is 0.167. The maximum atomic E-state index is 12.3. The molecule has 0 heterocycles. The topological polar surface area (TPSA) is 59.9 Å². The molecule has 0 aromatic heterocycles. The van der Waals surface area contributed by atoms with Gasteiger partial charge in [-0.05, 0) is 66.6 Å². The summed E-state index contributed by atoms with van der Waals surface area (Å²) in [5.41, 5.74) is 4.44. The summed E-state index contributed by atoms with van der Waals surface area (Å²) in [6, 6.07) is 17.3. The molecule has 0 aliphatic heterocycles. The van der Waals surface area contributed by atoms with E-state index in [9.17, 15) is 4.79 Å². The van der Waals surface area contributed by atoms with Gasteiger partial charge in [0.1, 0.15) is 18.1 Å². The molecular weight excluding hydrogens is 471 g/mol. The third-order valence-electron chi connectivity index (χ3n) is 4.31. The van der Waals surface area contributed by atoms with E-state index < -0.39 is 0 Å². The first-order valence-corrected chi connectivity index (χ1v) is 11.0. The fourth-order valence-corrected chi connectivity index (χ4v) is 3.19. The predicted molar refractivity (Wildman–Crippen MR) is 130 cm³/mol. The van der Waals surface area contributed by atoms with Gasteiger partial charge in [-0.15, -0.1) is 0 Å². The number of carbonyl (C=O) groups excluding carboxylic acids is 1. The Bertz CT molecular complexity index is 1100. The van der Waals surface area contributed by atoms with Gasteiger partial charge >= 0.3 is 0 Å². The highest BCUT2D eigenvalue weighted by Crippen LogP contribution is 2.25. The number of hydrazone groups is 1. The molecular formula is C24H21Cl3N2O3. The van der Waals surface area contributed by atoms with Gasteiger partial charge in [-0.25, -0.2) is 5.43 Å². The van der Waals surface area contributed by atoms with Gasteiger partial charge in [0.2, 0.25) is 0 Å². The molecule has 0 fully saturated rings. The lowest BCUT2D eigenvalue weighted by Crippen LogP contribution is -2.17. The lowest BCUT2D eigenvalue weighted by atomic mass is 10.2. The van der Waals surface area contributed by atoms with Crippen molar-refractivity contribution in [3.63, 3.8) is 0 Å². The summed E-state index contributed by atoms with van der Waals surface area (Å²) in [4.78, 5) is 12.3. The van der Waals surface area contributed by atoms with Crippen molar-refractivity contribution in [3.8, 4) is 11.5 Å². The zero-order chi connectivity index (χ0) is 22.9. The number of nitrogens with zero attached hydrogens (tertiary/aromatic N) is 1. The minimum absolute atomic E-state index is 0.276. The largest absolute Gasteiger partial charge is 0.494 e. The van der Waals surface area contributed by atoms with Crippen LogP contribution >= 0.6 is 34.8 Å². The molecule has 8 heteroatoms. The van der Waals surface area contributed by atoms with Crippen LogP contribution in [0.4, 0.5) is 0 Å². The Morgan fingerprint density at radius 3 is 2.47 bits per heavy atom. The lowest BCUT2D eigenvalue weighted by molar-refractivity contribution is 0.0955. The zero-order valence-corrected chi connectivity index (χ0v) is 19.5. The van der Waals surface area contributed by atoms with Crippen molar-refractivity contribution in [1.82, 2.24) is 5.43 Å². The van der Waals surface area contributed by atoms with Crippen molar-refractivity contribution in [2.75, 3.05) is 6.61 Å². The number of hydrogen-bond donors (Lipinski definition) is 1. The molecule has 0 aliphatic rings. The van der Waals surface area contributed by atoms with Crippen molar-refractivity contribution in [2.24, 2.45) is 5.10 Å². The second kappa shape index (κ2) is 11.8. The zero-order valence-electron chi connectivity index (χ0n) is 17.3. The molecule has 0 spiro atoms. The van der Waals surface area contributed by atoms with Crippen LogP contribution < -0.4 is 14.9 Å². The number of rotatable bonds is 9. The van der Waals surface area contributed by atoms with E-state index in [1.165, 1.54) is 6.21 Å². The highest BCUT2D eigenvalue weighted by molar-refractivity contribution is 6.42. The predicted octanol–water partition coefficient (Wildman–Crippen LogP) is 6.78. The first-order valence-electron chi connectivity index (χ1n) is 9.89. The second-order valence-corrected chi connectivity index (χ2v) is 8.04. The van der Waals surface area contributed by atoms with E-state index >= 15 is 0 Å². The van der Waals surface area contributed by atoms with Crippen molar-refractivity contribution < 1.29 is 14.3 Å². The summed E-state index contributed by atoms with van der Waals surface area (Å²) in [5.74, 6) is 0.925. The summed E-state index contributed by atoms with van der Waals surface area (Å²) >= 11 is 18.1. The monoisotopic (exact) mass is 490 g/mol. The molecule has 1 N–H and O–H groups in total. The van der Waals surface area contributed by atoms with Gasteiger partial charge in [0.25, 0.3) is 5.91 Å². The summed E-state index contributed by atoms with van der Waals surface area (Å²) in [6.45, 7) is 2.94. The number of hydrogen-bond acceptors (Lipinski definition) is 4. The molecule has 3 rings (SSSR count). The molecule has 0 aliphatic carbocycles. The van der Waals surface area contributed by atoms with Crippen LogP contribution in [-0.2, 0) is 6.61 Å². The Balaban J connectivity index is 1.63. The molecule has 5 nitrogen and oxygen atoms in total. The Morgan fingerprint density at radius 1 is 0.969 bits per heavy atom. The average Bonchev–Trinajstić information content (AvgIpc) is 2.79. The van der Waals surface area contributed by atoms with Crippen molar-refractivity contribution in [2.45, 2.75) is 20.0 Å². The molecule has 0 atom stereocenters. The van der Waals surface area contributed by atoms with E-state index in [-0.39, 0.29) is 12.5 Å². The van der Waals surface area contributed by atoms with Crippen LogP contribution in [0.3, 0.4) is 0 Å².